The molecule has 0 bridgehead atoms. The predicted molar refractivity (Wildman–Crippen MR) is 144 cm³/mol. The third kappa shape index (κ3) is 9.27. The van der Waals surface area contributed by atoms with Crippen LogP contribution in [0.25, 0.3) is 0 Å². The van der Waals surface area contributed by atoms with Gasteiger partial charge < -0.3 is 18.9 Å². The first-order valence-corrected chi connectivity index (χ1v) is 13.7. The van der Waals surface area contributed by atoms with E-state index in [1.807, 2.05) is 18.2 Å². The molecule has 1 fully saturated rings. The molecule has 39 heavy (non-hydrogen) atoms. The highest BCUT2D eigenvalue weighted by molar-refractivity contribution is 7.74. The number of benzene rings is 2. The van der Waals surface area contributed by atoms with Gasteiger partial charge in [0, 0.05) is 0 Å². The summed E-state index contributed by atoms with van der Waals surface area (Å²) in [4.78, 5) is 38.0. The van der Waals surface area contributed by atoms with Crippen LogP contribution in [0.15, 0.2) is 48.5 Å². The molecular weight excluding hydrogens is 526 g/mol. The van der Waals surface area contributed by atoms with Crippen molar-refractivity contribution in [3.05, 3.63) is 59.7 Å². The molecule has 0 aliphatic heterocycles. The topological polar surface area (TPSA) is 126 Å². The van der Waals surface area contributed by atoms with Crippen LogP contribution >= 0.6 is 0 Å². The number of hydrogen-bond donors (Lipinski definition) is 1. The van der Waals surface area contributed by atoms with Crippen LogP contribution in [0.4, 0.5) is 5.69 Å². The quantitative estimate of drug-likeness (QED) is 0.234. The van der Waals surface area contributed by atoms with Gasteiger partial charge in [-0.05, 0) is 77.1 Å². The zero-order valence-electron chi connectivity index (χ0n) is 22.8. The number of carbonyl (C=O) groups excluding carboxylic acids is 3. The van der Waals surface area contributed by atoms with E-state index < -0.39 is 46.5 Å². The Labute approximate surface area is 230 Å². The van der Waals surface area contributed by atoms with E-state index in [1.165, 1.54) is 32.0 Å². The largest absolute Gasteiger partial charge is 0.491 e. The summed E-state index contributed by atoms with van der Waals surface area (Å²) < 4.78 is 47.0. The van der Waals surface area contributed by atoms with E-state index in [2.05, 4.69) is 0 Å². The van der Waals surface area contributed by atoms with E-state index in [4.69, 9.17) is 18.9 Å². The molecule has 0 amide bonds. The minimum Gasteiger partial charge on any atom is -0.491 e. The van der Waals surface area contributed by atoms with Gasteiger partial charge in [-0.1, -0.05) is 30.3 Å². The maximum Gasteiger partial charge on any atom is 0.350 e. The van der Waals surface area contributed by atoms with E-state index in [9.17, 15) is 22.8 Å². The second-order valence-electron chi connectivity index (χ2n) is 10.8. The summed E-state index contributed by atoms with van der Waals surface area (Å²) in [5, 5.41) is 0. The van der Waals surface area contributed by atoms with Crippen molar-refractivity contribution in [2.24, 2.45) is 5.92 Å². The van der Waals surface area contributed by atoms with Crippen LogP contribution in [0, 0.1) is 5.92 Å². The lowest BCUT2D eigenvalue weighted by molar-refractivity contribution is -0.164. The zero-order chi connectivity index (χ0) is 28.8. The van der Waals surface area contributed by atoms with Crippen LogP contribution < -0.4 is 9.04 Å². The van der Waals surface area contributed by atoms with Gasteiger partial charge in [-0.3, -0.25) is 9.10 Å². The van der Waals surface area contributed by atoms with Gasteiger partial charge in [0.1, 0.15) is 24.5 Å². The van der Waals surface area contributed by atoms with Crippen LogP contribution in [0.1, 0.15) is 63.4 Å². The summed E-state index contributed by atoms with van der Waals surface area (Å²) in [5.41, 5.74) is -1.50. The molecule has 0 unspecified atom stereocenters. The second-order valence-corrected chi connectivity index (χ2v) is 11.7. The standard InChI is InChI=1S/C28H35NO9S/c1-27(2,3)37-24(30)16-29(39(33)34)22-14-13-21(15-23(22)35-17-20-11-12-20)25(31)38-28(4,5)26(32)36-18-19-9-7-6-8-10-19/h6-10,13-15,20,39H,11-12,16-18H2,1-5H3. The van der Waals surface area contributed by atoms with Crippen LogP contribution in [0.2, 0.25) is 0 Å². The molecule has 2 aromatic carbocycles. The monoisotopic (exact) mass is 561 g/mol. The van der Waals surface area contributed by atoms with Crippen LogP contribution in [0.3, 0.4) is 0 Å². The first-order chi connectivity index (χ1) is 18.2. The molecule has 0 radical (unpaired) electrons. The Morgan fingerprint density at radius 1 is 0.949 bits per heavy atom. The summed E-state index contributed by atoms with van der Waals surface area (Å²) in [6.45, 7) is 7.64. The molecule has 0 heterocycles. The zero-order valence-corrected chi connectivity index (χ0v) is 23.7. The van der Waals surface area contributed by atoms with Crippen molar-refractivity contribution < 1.29 is 41.7 Å². The van der Waals surface area contributed by atoms with E-state index in [0.717, 1.165) is 22.7 Å². The number of anilines is 1. The third-order valence-electron chi connectivity index (χ3n) is 5.59. The Hall–Kier alpha value is -3.60. The van der Waals surface area contributed by atoms with Crippen LogP contribution in [-0.2, 0) is 41.3 Å². The Bertz CT molecular complexity index is 1250. The number of carbonyl (C=O) groups is 3. The lowest BCUT2D eigenvalue weighted by atomic mass is 10.1. The normalized spacial score (nSPS) is 13.5. The highest BCUT2D eigenvalue weighted by Gasteiger charge is 2.35. The van der Waals surface area contributed by atoms with Crippen molar-refractivity contribution in [1.82, 2.24) is 0 Å². The Kier molecular flexibility index (Phi) is 9.60. The lowest BCUT2D eigenvalue weighted by Gasteiger charge is -2.25. The van der Waals surface area contributed by atoms with Gasteiger partial charge in [0.15, 0.2) is 0 Å². The van der Waals surface area contributed by atoms with Gasteiger partial charge in [0.2, 0.25) is 16.5 Å². The van der Waals surface area contributed by atoms with E-state index in [-0.39, 0.29) is 23.6 Å². The highest BCUT2D eigenvalue weighted by atomic mass is 32.2. The molecule has 0 aromatic heterocycles. The van der Waals surface area contributed by atoms with Gasteiger partial charge in [-0.25, -0.2) is 18.0 Å². The lowest BCUT2D eigenvalue weighted by Crippen LogP contribution is -2.38. The molecule has 0 atom stereocenters. The number of esters is 3. The van der Waals surface area contributed by atoms with Crippen molar-refractivity contribution in [3.63, 3.8) is 0 Å². The second kappa shape index (κ2) is 12.5. The Balaban J connectivity index is 1.78. The third-order valence-corrected chi connectivity index (χ3v) is 6.34. The molecule has 10 nitrogen and oxygen atoms in total. The van der Waals surface area contributed by atoms with Crippen molar-refractivity contribution in [3.8, 4) is 5.75 Å². The molecule has 0 N–H and O–H groups in total. The van der Waals surface area contributed by atoms with Crippen molar-refractivity contribution in [2.75, 3.05) is 17.5 Å². The Morgan fingerprint density at radius 2 is 1.62 bits per heavy atom. The smallest absolute Gasteiger partial charge is 0.350 e. The number of ether oxygens (including phenoxy) is 4. The maximum absolute atomic E-state index is 13.0. The highest BCUT2D eigenvalue weighted by Crippen LogP contribution is 2.35. The minimum absolute atomic E-state index is 0.0232. The first-order valence-electron chi connectivity index (χ1n) is 12.6. The number of hydrogen-bond acceptors (Lipinski definition) is 9. The van der Waals surface area contributed by atoms with Crippen molar-refractivity contribution in [2.45, 2.75) is 65.3 Å². The van der Waals surface area contributed by atoms with Crippen molar-refractivity contribution in [1.29, 1.82) is 0 Å². The molecule has 2 aromatic rings. The molecule has 212 valence electrons. The van der Waals surface area contributed by atoms with E-state index >= 15 is 0 Å². The SMILES string of the molecule is CC(C)(C)OC(=O)CN(c1ccc(C(=O)OC(C)(C)C(=O)OCc2ccccc2)cc1OCC1CC1)[SH](=O)=O. The number of rotatable bonds is 12. The average Bonchev–Trinajstić information content (AvgIpc) is 3.68. The maximum atomic E-state index is 13.0. The van der Waals surface area contributed by atoms with Gasteiger partial charge in [0.25, 0.3) is 0 Å². The molecule has 1 aliphatic carbocycles. The minimum atomic E-state index is -3.25. The van der Waals surface area contributed by atoms with E-state index in [0.29, 0.717) is 12.5 Å². The van der Waals surface area contributed by atoms with Gasteiger partial charge >= 0.3 is 17.9 Å². The molecule has 11 heteroatoms. The van der Waals surface area contributed by atoms with Crippen LogP contribution in [-0.4, -0.2) is 50.7 Å². The van der Waals surface area contributed by atoms with Gasteiger partial charge in [-0.2, -0.15) is 0 Å². The predicted octanol–water partition coefficient (Wildman–Crippen LogP) is 3.83. The summed E-state index contributed by atoms with van der Waals surface area (Å²) in [6.07, 6.45) is 1.96. The molecule has 3 rings (SSSR count). The fourth-order valence-electron chi connectivity index (χ4n) is 3.42. The molecule has 0 spiro atoms. The first kappa shape index (κ1) is 29.9. The average molecular weight is 562 g/mol. The summed E-state index contributed by atoms with van der Waals surface area (Å²) in [6, 6.07) is 13.1. The van der Waals surface area contributed by atoms with E-state index in [1.54, 1.807) is 32.9 Å². The molecule has 0 saturated heterocycles. The van der Waals surface area contributed by atoms with Gasteiger partial charge in [0.05, 0.1) is 17.9 Å². The number of nitrogens with zero attached hydrogens (tertiary/aromatic N) is 1. The molecule has 1 saturated carbocycles. The van der Waals surface area contributed by atoms with Gasteiger partial charge in [-0.15, -0.1) is 0 Å². The summed E-state index contributed by atoms with van der Waals surface area (Å²) in [5.74, 6) is -1.89. The summed E-state index contributed by atoms with van der Waals surface area (Å²) in [7, 11) is -3.25. The molecular formula is C28H35NO9S. The summed E-state index contributed by atoms with van der Waals surface area (Å²) >= 11 is 0. The van der Waals surface area contributed by atoms with Crippen LogP contribution in [0.5, 0.6) is 5.75 Å². The Morgan fingerprint density at radius 3 is 2.21 bits per heavy atom. The van der Waals surface area contributed by atoms with Crippen molar-refractivity contribution >= 4 is 34.5 Å². The number of thiol groups is 1. The fourth-order valence-corrected chi connectivity index (χ4v) is 3.99. The molecule has 1 aliphatic rings. The fraction of sp³-hybridized carbons (Fsp3) is 0.464.